The molecule has 0 saturated carbocycles. The van der Waals surface area contributed by atoms with Gasteiger partial charge in [-0.1, -0.05) is 20.8 Å². The van der Waals surface area contributed by atoms with Crippen LogP contribution in [0.3, 0.4) is 0 Å². The molecule has 0 amide bonds. The Hall–Kier alpha value is -1.12. The van der Waals surface area contributed by atoms with Gasteiger partial charge in [-0.05, 0) is 17.9 Å². The van der Waals surface area contributed by atoms with Crippen molar-refractivity contribution in [3.8, 4) is 6.01 Å². The van der Waals surface area contributed by atoms with Crippen molar-refractivity contribution in [1.29, 1.82) is 0 Å². The lowest BCUT2D eigenvalue weighted by Crippen LogP contribution is -2.14. The molecular formula is C10H16N2O. The molecule has 1 rings (SSSR count). The van der Waals surface area contributed by atoms with Gasteiger partial charge in [-0.3, -0.25) is 0 Å². The molecule has 0 aliphatic heterocycles. The van der Waals surface area contributed by atoms with Crippen molar-refractivity contribution in [2.75, 3.05) is 7.11 Å². The number of ether oxygens (including phenoxy) is 1. The second kappa shape index (κ2) is 3.32. The number of rotatable bonds is 1. The van der Waals surface area contributed by atoms with Gasteiger partial charge >= 0.3 is 6.01 Å². The van der Waals surface area contributed by atoms with E-state index >= 15 is 0 Å². The highest BCUT2D eigenvalue weighted by Crippen LogP contribution is 2.24. The van der Waals surface area contributed by atoms with Crippen LogP contribution in [0.25, 0.3) is 0 Å². The van der Waals surface area contributed by atoms with E-state index in [9.17, 15) is 0 Å². The van der Waals surface area contributed by atoms with E-state index in [2.05, 4.69) is 30.7 Å². The maximum Gasteiger partial charge on any atom is 0.316 e. The van der Waals surface area contributed by atoms with Crippen molar-refractivity contribution in [3.63, 3.8) is 0 Å². The zero-order chi connectivity index (χ0) is 10.1. The van der Waals surface area contributed by atoms with Crippen LogP contribution in [0, 0.1) is 6.92 Å². The zero-order valence-corrected chi connectivity index (χ0v) is 8.88. The molecule has 0 radical (unpaired) electrons. The SMILES string of the molecule is COc1ncc(C(C)(C)C)c(C)n1. The van der Waals surface area contributed by atoms with Crippen LogP contribution in [0.2, 0.25) is 0 Å². The highest BCUT2D eigenvalue weighted by atomic mass is 16.5. The Kier molecular flexibility index (Phi) is 2.55. The van der Waals surface area contributed by atoms with Gasteiger partial charge in [0.1, 0.15) is 0 Å². The second-order valence-electron chi connectivity index (χ2n) is 4.11. The fraction of sp³-hybridized carbons (Fsp3) is 0.600. The molecule has 0 atom stereocenters. The van der Waals surface area contributed by atoms with Crippen LogP contribution in [0.15, 0.2) is 6.20 Å². The summed E-state index contributed by atoms with van der Waals surface area (Å²) in [7, 11) is 1.57. The normalized spacial score (nSPS) is 11.5. The van der Waals surface area contributed by atoms with Gasteiger partial charge in [-0.15, -0.1) is 0 Å². The zero-order valence-electron chi connectivity index (χ0n) is 8.88. The number of hydrogen-bond acceptors (Lipinski definition) is 3. The van der Waals surface area contributed by atoms with Gasteiger partial charge in [-0.2, -0.15) is 0 Å². The fourth-order valence-corrected chi connectivity index (χ4v) is 1.28. The molecule has 0 unspecified atom stereocenters. The highest BCUT2D eigenvalue weighted by Gasteiger charge is 2.17. The minimum Gasteiger partial charge on any atom is -0.467 e. The van der Waals surface area contributed by atoms with Crippen molar-refractivity contribution in [1.82, 2.24) is 9.97 Å². The summed E-state index contributed by atoms with van der Waals surface area (Å²) in [5, 5.41) is 0. The van der Waals surface area contributed by atoms with E-state index in [0.717, 1.165) is 11.3 Å². The first-order chi connectivity index (χ1) is 5.95. The molecular weight excluding hydrogens is 164 g/mol. The monoisotopic (exact) mass is 180 g/mol. The molecule has 0 aliphatic rings. The van der Waals surface area contributed by atoms with Crippen molar-refractivity contribution in [2.24, 2.45) is 0 Å². The van der Waals surface area contributed by atoms with Gasteiger partial charge in [0.25, 0.3) is 0 Å². The smallest absolute Gasteiger partial charge is 0.316 e. The molecule has 0 fully saturated rings. The molecule has 0 bridgehead atoms. The molecule has 0 aliphatic carbocycles. The van der Waals surface area contributed by atoms with Crippen LogP contribution in [0.5, 0.6) is 6.01 Å². The number of hydrogen-bond donors (Lipinski definition) is 0. The predicted octanol–water partition coefficient (Wildman–Crippen LogP) is 2.09. The molecule has 1 heterocycles. The van der Waals surface area contributed by atoms with Crippen molar-refractivity contribution >= 4 is 0 Å². The maximum absolute atomic E-state index is 4.94. The van der Waals surface area contributed by atoms with Crippen LogP contribution in [-0.4, -0.2) is 17.1 Å². The third-order valence-corrected chi connectivity index (χ3v) is 1.95. The minimum atomic E-state index is 0.0936. The van der Waals surface area contributed by atoms with Gasteiger partial charge < -0.3 is 4.74 Å². The standard InChI is InChI=1S/C10H16N2O/c1-7-8(10(2,3)4)6-11-9(12-7)13-5/h6H,1-5H3. The summed E-state index contributed by atoms with van der Waals surface area (Å²) in [5.74, 6) is 0. The lowest BCUT2D eigenvalue weighted by atomic mass is 9.87. The summed E-state index contributed by atoms with van der Waals surface area (Å²) >= 11 is 0. The topological polar surface area (TPSA) is 35.0 Å². The summed E-state index contributed by atoms with van der Waals surface area (Å²) < 4.78 is 4.94. The van der Waals surface area contributed by atoms with E-state index in [0.29, 0.717) is 6.01 Å². The molecule has 13 heavy (non-hydrogen) atoms. The van der Waals surface area contributed by atoms with Crippen LogP contribution in [-0.2, 0) is 5.41 Å². The van der Waals surface area contributed by atoms with E-state index in [1.54, 1.807) is 7.11 Å². The molecule has 1 aromatic rings. The quantitative estimate of drug-likeness (QED) is 0.663. The fourth-order valence-electron chi connectivity index (χ4n) is 1.28. The third kappa shape index (κ3) is 2.17. The Morgan fingerprint density at radius 3 is 2.31 bits per heavy atom. The Bertz CT molecular complexity index is 302. The lowest BCUT2D eigenvalue weighted by Gasteiger charge is -2.20. The largest absolute Gasteiger partial charge is 0.467 e. The van der Waals surface area contributed by atoms with Gasteiger partial charge in [0.2, 0.25) is 0 Å². The van der Waals surface area contributed by atoms with Crippen molar-refractivity contribution in [3.05, 3.63) is 17.5 Å². The number of nitrogens with zero attached hydrogens (tertiary/aromatic N) is 2. The Morgan fingerprint density at radius 1 is 1.31 bits per heavy atom. The average Bonchev–Trinajstić information content (AvgIpc) is 2.01. The summed E-state index contributed by atoms with van der Waals surface area (Å²) in [6.45, 7) is 8.41. The van der Waals surface area contributed by atoms with Crippen molar-refractivity contribution in [2.45, 2.75) is 33.1 Å². The maximum atomic E-state index is 4.94. The Balaban J connectivity index is 3.13. The van der Waals surface area contributed by atoms with Crippen molar-refractivity contribution < 1.29 is 4.74 Å². The molecule has 72 valence electrons. The number of methoxy groups -OCH3 is 1. The summed E-state index contributed by atoms with van der Waals surface area (Å²) in [4.78, 5) is 8.32. The second-order valence-corrected chi connectivity index (χ2v) is 4.11. The van der Waals surface area contributed by atoms with E-state index in [4.69, 9.17) is 4.74 Å². The van der Waals surface area contributed by atoms with E-state index in [-0.39, 0.29) is 5.41 Å². The molecule has 3 heteroatoms. The van der Waals surface area contributed by atoms with Gasteiger partial charge in [-0.25, -0.2) is 9.97 Å². The van der Waals surface area contributed by atoms with Crippen LogP contribution < -0.4 is 4.74 Å². The molecule has 0 saturated heterocycles. The number of aromatic nitrogens is 2. The Morgan fingerprint density at radius 2 is 1.92 bits per heavy atom. The van der Waals surface area contributed by atoms with Gasteiger partial charge in [0.05, 0.1) is 7.11 Å². The summed E-state index contributed by atoms with van der Waals surface area (Å²) in [6, 6.07) is 0.436. The van der Waals surface area contributed by atoms with Crippen LogP contribution in [0.1, 0.15) is 32.0 Å². The summed E-state index contributed by atoms with van der Waals surface area (Å²) in [6.07, 6.45) is 1.83. The van der Waals surface area contributed by atoms with Crippen LogP contribution in [0.4, 0.5) is 0 Å². The van der Waals surface area contributed by atoms with E-state index in [1.165, 1.54) is 0 Å². The molecule has 0 spiro atoms. The first kappa shape index (κ1) is 9.96. The third-order valence-electron chi connectivity index (χ3n) is 1.95. The number of aryl methyl sites for hydroxylation is 1. The highest BCUT2D eigenvalue weighted by molar-refractivity contribution is 5.25. The average molecular weight is 180 g/mol. The van der Waals surface area contributed by atoms with Crippen LogP contribution >= 0.6 is 0 Å². The predicted molar refractivity (Wildman–Crippen MR) is 52.0 cm³/mol. The lowest BCUT2D eigenvalue weighted by molar-refractivity contribution is 0.376. The minimum absolute atomic E-state index is 0.0936. The van der Waals surface area contributed by atoms with Gasteiger partial charge in [0, 0.05) is 11.9 Å². The molecule has 3 nitrogen and oxygen atoms in total. The first-order valence-electron chi connectivity index (χ1n) is 4.33. The van der Waals surface area contributed by atoms with E-state index in [1.807, 2.05) is 13.1 Å². The van der Waals surface area contributed by atoms with Gasteiger partial charge in [0.15, 0.2) is 0 Å². The van der Waals surface area contributed by atoms with E-state index < -0.39 is 0 Å². The Labute approximate surface area is 79.2 Å². The summed E-state index contributed by atoms with van der Waals surface area (Å²) in [5.41, 5.74) is 2.24. The molecule has 0 aromatic carbocycles. The first-order valence-corrected chi connectivity index (χ1v) is 4.33. The molecule has 1 aromatic heterocycles. The molecule has 0 N–H and O–H groups in total.